The molecule has 2 N–H and O–H groups in total. The summed E-state index contributed by atoms with van der Waals surface area (Å²) in [4.78, 5) is 11.6. The van der Waals surface area contributed by atoms with Gasteiger partial charge >= 0.3 is 0 Å². The zero-order valence-corrected chi connectivity index (χ0v) is 11.0. The van der Waals surface area contributed by atoms with E-state index in [0.717, 1.165) is 18.2 Å². The van der Waals surface area contributed by atoms with E-state index in [1.54, 1.807) is 6.07 Å². The van der Waals surface area contributed by atoms with Crippen molar-refractivity contribution in [3.63, 3.8) is 0 Å². The molecule has 0 aliphatic heterocycles. The van der Waals surface area contributed by atoms with Gasteiger partial charge in [0, 0.05) is 12.1 Å². The Morgan fingerprint density at radius 1 is 1.00 bits per heavy atom. The highest BCUT2D eigenvalue weighted by Crippen LogP contribution is 2.12. The summed E-state index contributed by atoms with van der Waals surface area (Å²) in [6.07, 6.45) is 0. The monoisotopic (exact) mass is 294 g/mol. The third kappa shape index (κ3) is 4.32. The van der Waals surface area contributed by atoms with Crippen LogP contribution in [-0.4, -0.2) is 12.5 Å². The lowest BCUT2D eigenvalue weighted by Crippen LogP contribution is -2.28. The topological polar surface area (TPSA) is 41.1 Å². The molecule has 0 aromatic heterocycles. The molecule has 1 amide bonds. The van der Waals surface area contributed by atoms with Gasteiger partial charge in [-0.2, -0.15) is 0 Å². The molecule has 0 radical (unpaired) electrons. The third-order valence-electron chi connectivity index (χ3n) is 2.76. The number of hydrogen-bond acceptors (Lipinski definition) is 2. The number of halogens is 3. The lowest BCUT2D eigenvalue weighted by atomic mass is 10.2. The molecule has 0 saturated heterocycles. The highest BCUT2D eigenvalue weighted by Gasteiger charge is 2.07. The summed E-state index contributed by atoms with van der Waals surface area (Å²) in [6.45, 7) is -0.154. The minimum atomic E-state index is -0.557. The van der Waals surface area contributed by atoms with E-state index >= 15 is 0 Å². The fourth-order valence-corrected chi connectivity index (χ4v) is 1.75. The fraction of sp³-hybridized carbons (Fsp3) is 0.133. The van der Waals surface area contributed by atoms with E-state index in [-0.39, 0.29) is 24.3 Å². The molecule has 21 heavy (non-hydrogen) atoms. The maximum Gasteiger partial charge on any atom is 0.238 e. The molecule has 0 atom stereocenters. The van der Waals surface area contributed by atoms with Gasteiger partial charge < -0.3 is 10.6 Å². The first kappa shape index (κ1) is 15.1. The SMILES string of the molecule is O=C(CNCc1cc(F)ccc1F)Nc1ccccc1F. The minimum Gasteiger partial charge on any atom is -0.322 e. The summed E-state index contributed by atoms with van der Waals surface area (Å²) < 4.78 is 39.6. The second-order valence-corrected chi connectivity index (χ2v) is 4.37. The molecule has 0 fully saturated rings. The van der Waals surface area contributed by atoms with Crippen LogP contribution in [0.25, 0.3) is 0 Å². The van der Waals surface area contributed by atoms with Crippen LogP contribution in [0.3, 0.4) is 0 Å². The van der Waals surface area contributed by atoms with Gasteiger partial charge in [-0.1, -0.05) is 12.1 Å². The van der Waals surface area contributed by atoms with Gasteiger partial charge in [0.2, 0.25) is 5.91 Å². The van der Waals surface area contributed by atoms with Crippen molar-refractivity contribution in [3.05, 3.63) is 65.5 Å². The molecule has 6 heteroatoms. The second kappa shape index (κ2) is 6.90. The van der Waals surface area contributed by atoms with Gasteiger partial charge in [-0.15, -0.1) is 0 Å². The summed E-state index contributed by atoms with van der Waals surface area (Å²) in [5.41, 5.74) is 0.190. The van der Waals surface area contributed by atoms with E-state index < -0.39 is 23.4 Å². The molecule has 0 aliphatic rings. The van der Waals surface area contributed by atoms with E-state index in [2.05, 4.69) is 10.6 Å². The molecule has 3 nitrogen and oxygen atoms in total. The summed E-state index contributed by atoms with van der Waals surface area (Å²) in [5.74, 6) is -2.12. The van der Waals surface area contributed by atoms with E-state index in [4.69, 9.17) is 0 Å². The first-order valence-corrected chi connectivity index (χ1v) is 6.25. The van der Waals surface area contributed by atoms with Crippen molar-refractivity contribution in [2.24, 2.45) is 0 Å². The average Bonchev–Trinajstić information content (AvgIpc) is 2.45. The van der Waals surface area contributed by atoms with Crippen molar-refractivity contribution >= 4 is 11.6 Å². The van der Waals surface area contributed by atoms with Gasteiger partial charge in [0.15, 0.2) is 0 Å². The zero-order valence-electron chi connectivity index (χ0n) is 11.0. The highest BCUT2D eigenvalue weighted by molar-refractivity contribution is 5.92. The van der Waals surface area contributed by atoms with Crippen molar-refractivity contribution in [2.45, 2.75) is 6.54 Å². The van der Waals surface area contributed by atoms with Crippen LogP contribution in [-0.2, 0) is 11.3 Å². The van der Waals surface area contributed by atoms with Crippen molar-refractivity contribution in [2.75, 3.05) is 11.9 Å². The number of nitrogens with one attached hydrogen (secondary N) is 2. The van der Waals surface area contributed by atoms with Crippen LogP contribution in [0.4, 0.5) is 18.9 Å². The van der Waals surface area contributed by atoms with Gasteiger partial charge in [0.25, 0.3) is 0 Å². The number of rotatable bonds is 5. The molecule has 2 aromatic carbocycles. The average molecular weight is 294 g/mol. The van der Waals surface area contributed by atoms with Crippen LogP contribution >= 0.6 is 0 Å². The Kier molecular flexibility index (Phi) is 4.94. The van der Waals surface area contributed by atoms with Crippen molar-refractivity contribution in [3.8, 4) is 0 Å². The van der Waals surface area contributed by atoms with Crippen LogP contribution in [0.5, 0.6) is 0 Å². The molecule has 0 spiro atoms. The summed E-state index contributed by atoms with van der Waals surface area (Å²) in [5, 5.41) is 5.05. The predicted molar refractivity (Wildman–Crippen MR) is 73.1 cm³/mol. The van der Waals surface area contributed by atoms with Gasteiger partial charge in [-0.05, 0) is 30.3 Å². The molecule has 2 rings (SSSR count). The van der Waals surface area contributed by atoms with Gasteiger partial charge in [-0.25, -0.2) is 13.2 Å². The molecule has 0 unspecified atom stereocenters. The van der Waals surface area contributed by atoms with E-state index in [1.807, 2.05) is 0 Å². The fourth-order valence-electron chi connectivity index (χ4n) is 1.75. The Morgan fingerprint density at radius 2 is 1.76 bits per heavy atom. The highest BCUT2D eigenvalue weighted by atomic mass is 19.1. The van der Waals surface area contributed by atoms with Gasteiger partial charge in [0.05, 0.1) is 12.2 Å². The number of benzene rings is 2. The smallest absolute Gasteiger partial charge is 0.238 e. The van der Waals surface area contributed by atoms with E-state index in [9.17, 15) is 18.0 Å². The molecule has 0 saturated carbocycles. The lowest BCUT2D eigenvalue weighted by Gasteiger charge is -2.08. The number of hydrogen-bond donors (Lipinski definition) is 2. The number of carbonyl (C=O) groups excluding carboxylic acids is 1. The molecule has 0 aliphatic carbocycles. The predicted octanol–water partition coefficient (Wildman–Crippen LogP) is 2.83. The maximum absolute atomic E-state index is 13.3. The molecular formula is C15H13F3N2O. The first-order valence-electron chi connectivity index (χ1n) is 6.25. The van der Waals surface area contributed by atoms with E-state index in [0.29, 0.717) is 0 Å². The zero-order chi connectivity index (χ0) is 15.2. The summed E-state index contributed by atoms with van der Waals surface area (Å²) >= 11 is 0. The Labute approximate surface area is 119 Å². The number of para-hydroxylation sites is 1. The first-order chi connectivity index (χ1) is 10.1. The third-order valence-corrected chi connectivity index (χ3v) is 2.76. The molecule has 0 bridgehead atoms. The second-order valence-electron chi connectivity index (χ2n) is 4.37. The molecular weight excluding hydrogens is 281 g/mol. The van der Waals surface area contributed by atoms with Crippen molar-refractivity contribution in [1.82, 2.24) is 5.32 Å². The number of carbonyl (C=O) groups is 1. The Balaban J connectivity index is 1.85. The van der Waals surface area contributed by atoms with E-state index in [1.165, 1.54) is 18.2 Å². The van der Waals surface area contributed by atoms with Crippen LogP contribution in [0.15, 0.2) is 42.5 Å². The van der Waals surface area contributed by atoms with Crippen molar-refractivity contribution < 1.29 is 18.0 Å². The normalized spacial score (nSPS) is 10.4. The Morgan fingerprint density at radius 3 is 2.52 bits per heavy atom. The Bertz CT molecular complexity index is 647. The standard InChI is InChI=1S/C15H13F3N2O/c16-11-5-6-12(17)10(7-11)8-19-9-15(21)20-14-4-2-1-3-13(14)18/h1-7,19H,8-9H2,(H,20,21). The van der Waals surface area contributed by atoms with Crippen LogP contribution in [0.1, 0.15) is 5.56 Å². The minimum absolute atomic E-state index is 0.00567. The van der Waals surface area contributed by atoms with Gasteiger partial charge in [-0.3, -0.25) is 4.79 Å². The molecule has 0 heterocycles. The summed E-state index contributed by atoms with van der Waals surface area (Å²) in [6, 6.07) is 8.85. The molecule has 2 aromatic rings. The maximum atomic E-state index is 13.3. The molecule has 110 valence electrons. The summed E-state index contributed by atoms with van der Waals surface area (Å²) in [7, 11) is 0. The Hall–Kier alpha value is -2.34. The van der Waals surface area contributed by atoms with Crippen LogP contribution in [0.2, 0.25) is 0 Å². The number of anilines is 1. The van der Waals surface area contributed by atoms with Crippen molar-refractivity contribution in [1.29, 1.82) is 0 Å². The van der Waals surface area contributed by atoms with Crippen LogP contribution < -0.4 is 10.6 Å². The number of amides is 1. The lowest BCUT2D eigenvalue weighted by molar-refractivity contribution is -0.115. The van der Waals surface area contributed by atoms with Crippen LogP contribution in [0, 0.1) is 17.5 Å². The largest absolute Gasteiger partial charge is 0.322 e. The quantitative estimate of drug-likeness (QED) is 0.890. The van der Waals surface area contributed by atoms with Gasteiger partial charge in [0.1, 0.15) is 17.5 Å².